The van der Waals surface area contributed by atoms with E-state index in [1.165, 1.54) is 0 Å². The molecule has 1 fully saturated rings. The van der Waals surface area contributed by atoms with Gasteiger partial charge in [0.25, 0.3) is 0 Å². The Hall–Kier alpha value is -3.89. The van der Waals surface area contributed by atoms with Crippen LogP contribution in [0.3, 0.4) is 0 Å². The van der Waals surface area contributed by atoms with Crippen molar-refractivity contribution in [2.24, 2.45) is 5.10 Å². The minimum absolute atomic E-state index is 0.264. The van der Waals surface area contributed by atoms with Crippen molar-refractivity contribution in [3.8, 4) is 0 Å². The van der Waals surface area contributed by atoms with Crippen LogP contribution in [-0.2, 0) is 4.74 Å². The summed E-state index contributed by atoms with van der Waals surface area (Å²) >= 11 is 0. The van der Waals surface area contributed by atoms with Crippen molar-refractivity contribution in [1.29, 1.82) is 0 Å². The van der Waals surface area contributed by atoms with Crippen molar-refractivity contribution < 1.29 is 4.74 Å². The van der Waals surface area contributed by atoms with Crippen LogP contribution in [0.4, 0.5) is 22.7 Å². The van der Waals surface area contributed by atoms with Gasteiger partial charge in [0.2, 0.25) is 0 Å². The maximum absolute atomic E-state index is 5.42. The number of anilines is 4. The Morgan fingerprint density at radius 1 is 0.656 bits per heavy atom. The molecule has 0 amide bonds. The number of para-hydroxylation sites is 3. The van der Waals surface area contributed by atoms with Crippen LogP contribution in [0, 0.1) is 0 Å². The molecule has 4 nitrogen and oxygen atoms in total. The lowest BCUT2D eigenvalue weighted by atomic mass is 10.1. The maximum Gasteiger partial charge on any atom is 0.101 e. The van der Waals surface area contributed by atoms with Gasteiger partial charge in [0.05, 0.1) is 25.1 Å². The molecule has 0 aromatic heterocycles. The van der Waals surface area contributed by atoms with Crippen LogP contribution in [-0.4, -0.2) is 25.5 Å². The third kappa shape index (κ3) is 4.88. The van der Waals surface area contributed by atoms with Crippen molar-refractivity contribution in [3.63, 3.8) is 0 Å². The van der Waals surface area contributed by atoms with Gasteiger partial charge in [-0.3, -0.25) is 5.01 Å². The average Bonchev–Trinajstić information content (AvgIpc) is 3.69. The van der Waals surface area contributed by atoms with E-state index < -0.39 is 0 Å². The standard InChI is InChI=1S/C28H25N3O/c1-4-10-24(11-5-1)30(21-28-22-32-28)29-20-23-16-18-27(19-17-23)31(25-12-6-2-7-13-25)26-14-8-3-9-15-26/h1-20,28H,21-22H2/b29-20+. The van der Waals surface area contributed by atoms with Gasteiger partial charge in [-0.05, 0) is 54.1 Å². The predicted molar refractivity (Wildman–Crippen MR) is 132 cm³/mol. The first kappa shape index (κ1) is 20.0. The summed E-state index contributed by atoms with van der Waals surface area (Å²) in [7, 11) is 0. The van der Waals surface area contributed by atoms with Gasteiger partial charge in [0.1, 0.15) is 6.10 Å². The van der Waals surface area contributed by atoms with Gasteiger partial charge in [-0.1, -0.05) is 66.7 Å². The lowest BCUT2D eigenvalue weighted by Gasteiger charge is -2.25. The van der Waals surface area contributed by atoms with Crippen LogP contribution in [0.5, 0.6) is 0 Å². The molecule has 0 saturated carbocycles. The molecule has 1 aliphatic heterocycles. The number of ether oxygens (including phenoxy) is 1. The van der Waals surface area contributed by atoms with Crippen LogP contribution in [0.1, 0.15) is 5.56 Å². The maximum atomic E-state index is 5.42. The Balaban J connectivity index is 1.39. The fourth-order valence-corrected chi connectivity index (χ4v) is 3.63. The summed E-state index contributed by atoms with van der Waals surface area (Å²) in [6, 6.07) is 39.5. The monoisotopic (exact) mass is 419 g/mol. The lowest BCUT2D eigenvalue weighted by Crippen LogP contribution is -2.22. The fourth-order valence-electron chi connectivity index (χ4n) is 3.63. The number of hydrogen-bond donors (Lipinski definition) is 0. The highest BCUT2D eigenvalue weighted by Gasteiger charge is 2.25. The Kier molecular flexibility index (Phi) is 5.95. The van der Waals surface area contributed by atoms with E-state index in [2.05, 4.69) is 89.8 Å². The smallest absolute Gasteiger partial charge is 0.101 e. The number of hydrogen-bond acceptors (Lipinski definition) is 4. The molecule has 1 saturated heterocycles. The van der Waals surface area contributed by atoms with Gasteiger partial charge in [0.15, 0.2) is 0 Å². The van der Waals surface area contributed by atoms with E-state index in [1.54, 1.807) is 0 Å². The van der Waals surface area contributed by atoms with Crippen LogP contribution in [0.2, 0.25) is 0 Å². The summed E-state index contributed by atoms with van der Waals surface area (Å²) < 4.78 is 5.42. The molecule has 1 atom stereocenters. The van der Waals surface area contributed by atoms with E-state index in [1.807, 2.05) is 41.6 Å². The minimum Gasteiger partial charge on any atom is -0.371 e. The highest BCUT2D eigenvalue weighted by Crippen LogP contribution is 2.33. The zero-order valence-corrected chi connectivity index (χ0v) is 17.8. The highest BCUT2D eigenvalue weighted by atomic mass is 16.6. The molecule has 1 heterocycles. The summed E-state index contributed by atoms with van der Waals surface area (Å²) in [4.78, 5) is 2.25. The summed E-state index contributed by atoms with van der Waals surface area (Å²) in [5.74, 6) is 0. The van der Waals surface area contributed by atoms with E-state index in [9.17, 15) is 0 Å². The molecular weight excluding hydrogens is 394 g/mol. The third-order valence-electron chi connectivity index (χ3n) is 5.36. The normalized spacial score (nSPS) is 14.9. The SMILES string of the molecule is C(=N\N(CC1CO1)c1ccccc1)/c1ccc(N(c2ccccc2)c2ccccc2)cc1. The number of rotatable bonds is 8. The number of hydrazone groups is 1. The Labute approximate surface area is 189 Å². The molecule has 0 spiro atoms. The highest BCUT2D eigenvalue weighted by molar-refractivity contribution is 5.83. The fraction of sp³-hybridized carbons (Fsp3) is 0.107. The molecule has 0 radical (unpaired) electrons. The first-order chi connectivity index (χ1) is 15.9. The number of epoxide rings is 1. The predicted octanol–water partition coefficient (Wildman–Crippen LogP) is 6.40. The third-order valence-corrected chi connectivity index (χ3v) is 5.36. The summed E-state index contributed by atoms with van der Waals surface area (Å²) in [5.41, 5.74) is 5.47. The summed E-state index contributed by atoms with van der Waals surface area (Å²) in [6.07, 6.45) is 2.18. The molecule has 158 valence electrons. The molecule has 4 aromatic carbocycles. The van der Waals surface area contributed by atoms with E-state index in [0.29, 0.717) is 0 Å². The van der Waals surface area contributed by atoms with Gasteiger partial charge in [-0.2, -0.15) is 5.10 Å². The molecule has 0 bridgehead atoms. The first-order valence-corrected chi connectivity index (χ1v) is 10.9. The van der Waals surface area contributed by atoms with E-state index in [-0.39, 0.29) is 6.10 Å². The molecule has 4 heteroatoms. The van der Waals surface area contributed by atoms with E-state index in [4.69, 9.17) is 9.84 Å². The molecule has 0 aliphatic carbocycles. The van der Waals surface area contributed by atoms with Gasteiger partial charge in [0, 0.05) is 17.1 Å². The van der Waals surface area contributed by atoms with Crippen LogP contribution in [0.15, 0.2) is 120 Å². The van der Waals surface area contributed by atoms with Crippen molar-refractivity contribution >= 4 is 29.0 Å². The molecule has 1 unspecified atom stereocenters. The van der Waals surface area contributed by atoms with Crippen molar-refractivity contribution in [2.45, 2.75) is 6.10 Å². The minimum atomic E-state index is 0.264. The van der Waals surface area contributed by atoms with Gasteiger partial charge in [-0.15, -0.1) is 0 Å². The van der Waals surface area contributed by atoms with E-state index >= 15 is 0 Å². The van der Waals surface area contributed by atoms with Crippen molar-refractivity contribution in [2.75, 3.05) is 23.1 Å². The zero-order valence-electron chi connectivity index (χ0n) is 17.8. The second kappa shape index (κ2) is 9.50. The van der Waals surface area contributed by atoms with Crippen molar-refractivity contribution in [3.05, 3.63) is 121 Å². The zero-order chi connectivity index (χ0) is 21.6. The van der Waals surface area contributed by atoms with Crippen LogP contribution >= 0.6 is 0 Å². The van der Waals surface area contributed by atoms with Crippen molar-refractivity contribution in [1.82, 2.24) is 0 Å². The largest absolute Gasteiger partial charge is 0.371 e. The topological polar surface area (TPSA) is 31.4 Å². The quantitative estimate of drug-likeness (QED) is 0.188. The molecule has 1 aliphatic rings. The Bertz CT molecular complexity index is 1100. The average molecular weight is 420 g/mol. The Morgan fingerprint density at radius 2 is 1.12 bits per heavy atom. The second-order valence-electron chi connectivity index (χ2n) is 7.72. The number of benzene rings is 4. The summed E-state index contributed by atoms with van der Waals surface area (Å²) in [6.45, 7) is 1.57. The van der Waals surface area contributed by atoms with Crippen LogP contribution in [0.25, 0.3) is 0 Å². The molecule has 4 aromatic rings. The summed E-state index contributed by atoms with van der Waals surface area (Å²) in [5, 5.41) is 6.76. The second-order valence-corrected chi connectivity index (χ2v) is 7.72. The number of nitrogens with zero attached hydrogens (tertiary/aromatic N) is 3. The molecule has 5 rings (SSSR count). The van der Waals surface area contributed by atoms with E-state index in [0.717, 1.165) is 41.5 Å². The molecule has 0 N–H and O–H groups in total. The molecular formula is C28H25N3O. The van der Waals surface area contributed by atoms with Crippen LogP contribution < -0.4 is 9.91 Å². The van der Waals surface area contributed by atoms with Gasteiger partial charge >= 0.3 is 0 Å². The Morgan fingerprint density at radius 3 is 1.62 bits per heavy atom. The van der Waals surface area contributed by atoms with Gasteiger partial charge in [-0.25, -0.2) is 0 Å². The van der Waals surface area contributed by atoms with Gasteiger partial charge < -0.3 is 9.64 Å². The lowest BCUT2D eigenvalue weighted by molar-refractivity contribution is 0.408. The molecule has 32 heavy (non-hydrogen) atoms. The first-order valence-electron chi connectivity index (χ1n) is 10.9.